The van der Waals surface area contributed by atoms with Crippen molar-refractivity contribution in [1.29, 1.82) is 0 Å². The molecule has 0 amide bonds. The van der Waals surface area contributed by atoms with E-state index in [1.807, 2.05) is 0 Å². The average Bonchev–Trinajstić information content (AvgIpc) is 2.00. The van der Waals surface area contributed by atoms with E-state index in [0.29, 0.717) is 6.61 Å². The molecule has 13 heavy (non-hydrogen) atoms. The maximum atomic E-state index is 10.5. The van der Waals surface area contributed by atoms with Crippen LogP contribution in [0.2, 0.25) is 0 Å². The summed E-state index contributed by atoms with van der Waals surface area (Å²) < 4.78 is 14.9. The molecule has 0 aromatic rings. The van der Waals surface area contributed by atoms with Crippen molar-refractivity contribution >= 4 is 5.97 Å². The predicted molar refractivity (Wildman–Crippen MR) is 47.9 cm³/mol. The normalized spacial score (nSPS) is 14.4. The zero-order valence-electron chi connectivity index (χ0n) is 8.28. The van der Waals surface area contributed by atoms with E-state index < -0.39 is 0 Å². The van der Waals surface area contributed by atoms with Crippen molar-refractivity contribution in [3.05, 3.63) is 12.8 Å². The molecule has 0 aliphatic heterocycles. The zero-order chi connectivity index (χ0) is 10.3. The first kappa shape index (κ1) is 12.0. The molecule has 0 aliphatic carbocycles. The molecule has 0 heterocycles. The molecule has 0 N–H and O–H groups in total. The summed E-state index contributed by atoms with van der Waals surface area (Å²) in [5.41, 5.74) is 0. The van der Waals surface area contributed by atoms with E-state index in [1.54, 1.807) is 13.8 Å². The first-order valence-corrected chi connectivity index (χ1v) is 4.11. The van der Waals surface area contributed by atoms with Gasteiger partial charge in [0.25, 0.3) is 0 Å². The SMILES string of the molecule is C=COC(C)OCC(C)OC(C)=O. The van der Waals surface area contributed by atoms with E-state index >= 15 is 0 Å². The maximum absolute atomic E-state index is 10.5. The van der Waals surface area contributed by atoms with E-state index in [0.717, 1.165) is 0 Å². The van der Waals surface area contributed by atoms with Gasteiger partial charge in [-0.1, -0.05) is 6.58 Å². The standard InChI is InChI=1S/C9H16O4/c1-5-11-9(4)12-6-7(2)13-8(3)10/h5,7,9H,1,6H2,2-4H3. The van der Waals surface area contributed by atoms with Gasteiger partial charge in [-0.05, 0) is 13.8 Å². The largest absolute Gasteiger partial charge is 0.473 e. The second-order valence-electron chi connectivity index (χ2n) is 2.62. The number of ether oxygens (including phenoxy) is 3. The Bertz CT molecular complexity index is 167. The minimum Gasteiger partial charge on any atom is -0.473 e. The molecule has 0 radical (unpaired) electrons. The van der Waals surface area contributed by atoms with Gasteiger partial charge in [0.05, 0.1) is 12.9 Å². The summed E-state index contributed by atoms with van der Waals surface area (Å²) >= 11 is 0. The third kappa shape index (κ3) is 7.33. The first-order chi connectivity index (χ1) is 6.06. The number of carbonyl (C=O) groups excluding carboxylic acids is 1. The number of rotatable bonds is 6. The molecule has 0 rings (SSSR count). The lowest BCUT2D eigenvalue weighted by atomic mass is 10.4. The molecule has 0 bridgehead atoms. The first-order valence-electron chi connectivity index (χ1n) is 4.11. The van der Waals surface area contributed by atoms with Crippen LogP contribution in [0.4, 0.5) is 0 Å². The molecule has 2 atom stereocenters. The minimum atomic E-state index is -0.365. The van der Waals surface area contributed by atoms with Crippen molar-refractivity contribution in [2.24, 2.45) is 0 Å². The molecule has 0 aliphatic rings. The van der Waals surface area contributed by atoms with Crippen LogP contribution >= 0.6 is 0 Å². The molecule has 76 valence electrons. The molecule has 0 spiro atoms. The van der Waals surface area contributed by atoms with Gasteiger partial charge in [-0.3, -0.25) is 4.79 Å². The summed E-state index contributed by atoms with van der Waals surface area (Å²) in [6.07, 6.45) is 0.685. The molecule has 0 aromatic carbocycles. The highest BCUT2D eigenvalue weighted by Gasteiger charge is 2.08. The van der Waals surface area contributed by atoms with Gasteiger partial charge >= 0.3 is 5.97 Å². The van der Waals surface area contributed by atoms with Crippen LogP contribution in [0.1, 0.15) is 20.8 Å². The summed E-state index contributed by atoms with van der Waals surface area (Å²) in [5, 5.41) is 0. The Morgan fingerprint density at radius 1 is 1.54 bits per heavy atom. The van der Waals surface area contributed by atoms with Crippen molar-refractivity contribution in [3.8, 4) is 0 Å². The molecule has 0 fully saturated rings. The van der Waals surface area contributed by atoms with Gasteiger partial charge in [-0.15, -0.1) is 0 Å². The monoisotopic (exact) mass is 188 g/mol. The number of hydrogen-bond acceptors (Lipinski definition) is 4. The molecule has 2 unspecified atom stereocenters. The Labute approximate surface area is 78.5 Å². The highest BCUT2D eigenvalue weighted by molar-refractivity contribution is 5.66. The predicted octanol–water partition coefficient (Wildman–Crippen LogP) is 1.46. The number of esters is 1. The fourth-order valence-electron chi connectivity index (χ4n) is 0.763. The molecular formula is C9H16O4. The van der Waals surface area contributed by atoms with E-state index in [4.69, 9.17) is 14.2 Å². The van der Waals surface area contributed by atoms with E-state index in [9.17, 15) is 4.79 Å². The fourth-order valence-corrected chi connectivity index (χ4v) is 0.763. The third-order valence-corrected chi connectivity index (χ3v) is 1.22. The van der Waals surface area contributed by atoms with Crippen molar-refractivity contribution in [2.75, 3.05) is 6.61 Å². The van der Waals surface area contributed by atoms with Gasteiger partial charge in [0.15, 0.2) is 6.29 Å². The Kier molecular flexibility index (Phi) is 5.97. The van der Waals surface area contributed by atoms with Gasteiger partial charge in [0, 0.05) is 6.92 Å². The second-order valence-corrected chi connectivity index (χ2v) is 2.62. The second kappa shape index (κ2) is 6.48. The molecule has 4 heteroatoms. The lowest BCUT2D eigenvalue weighted by molar-refractivity contribution is -0.156. The quantitative estimate of drug-likeness (QED) is 0.359. The molecule has 4 nitrogen and oxygen atoms in total. The van der Waals surface area contributed by atoms with Crippen molar-refractivity contribution in [3.63, 3.8) is 0 Å². The molecular weight excluding hydrogens is 172 g/mol. The summed E-state index contributed by atoms with van der Waals surface area (Å²) in [6.45, 7) is 8.55. The summed E-state index contributed by atoms with van der Waals surface area (Å²) in [5.74, 6) is -0.312. The Balaban J connectivity index is 3.50. The maximum Gasteiger partial charge on any atom is 0.302 e. The van der Waals surface area contributed by atoms with Crippen LogP contribution in [-0.4, -0.2) is 25.0 Å². The lowest BCUT2D eigenvalue weighted by Gasteiger charge is -2.16. The van der Waals surface area contributed by atoms with Crippen molar-refractivity contribution in [1.82, 2.24) is 0 Å². The lowest BCUT2D eigenvalue weighted by Crippen LogP contribution is -2.22. The van der Waals surface area contributed by atoms with Crippen LogP contribution < -0.4 is 0 Å². The highest BCUT2D eigenvalue weighted by atomic mass is 16.7. The van der Waals surface area contributed by atoms with Gasteiger partial charge < -0.3 is 14.2 Å². The van der Waals surface area contributed by atoms with Crippen LogP contribution in [0.5, 0.6) is 0 Å². The van der Waals surface area contributed by atoms with E-state index in [1.165, 1.54) is 13.2 Å². The van der Waals surface area contributed by atoms with Gasteiger partial charge in [0.2, 0.25) is 0 Å². The molecule has 0 aromatic heterocycles. The van der Waals surface area contributed by atoms with Gasteiger partial charge in [0.1, 0.15) is 6.10 Å². The zero-order valence-corrected chi connectivity index (χ0v) is 8.28. The van der Waals surface area contributed by atoms with Crippen LogP contribution in [0.3, 0.4) is 0 Å². The van der Waals surface area contributed by atoms with Crippen LogP contribution in [0.25, 0.3) is 0 Å². The summed E-state index contributed by atoms with van der Waals surface area (Å²) in [6, 6.07) is 0. The summed E-state index contributed by atoms with van der Waals surface area (Å²) in [7, 11) is 0. The summed E-state index contributed by atoms with van der Waals surface area (Å²) in [4.78, 5) is 10.5. The van der Waals surface area contributed by atoms with Crippen LogP contribution in [0.15, 0.2) is 12.8 Å². The molecule has 0 saturated heterocycles. The van der Waals surface area contributed by atoms with Crippen molar-refractivity contribution in [2.45, 2.75) is 33.2 Å². The van der Waals surface area contributed by atoms with E-state index in [-0.39, 0.29) is 18.4 Å². The number of carbonyl (C=O) groups is 1. The van der Waals surface area contributed by atoms with Gasteiger partial charge in [-0.2, -0.15) is 0 Å². The van der Waals surface area contributed by atoms with Crippen LogP contribution in [-0.2, 0) is 19.0 Å². The third-order valence-electron chi connectivity index (χ3n) is 1.22. The van der Waals surface area contributed by atoms with E-state index in [2.05, 4.69) is 6.58 Å². The fraction of sp³-hybridized carbons (Fsp3) is 0.667. The number of hydrogen-bond donors (Lipinski definition) is 0. The Hall–Kier alpha value is -1.03. The van der Waals surface area contributed by atoms with Crippen molar-refractivity contribution < 1.29 is 19.0 Å². The Morgan fingerprint density at radius 2 is 2.15 bits per heavy atom. The van der Waals surface area contributed by atoms with Crippen LogP contribution in [0, 0.1) is 0 Å². The Morgan fingerprint density at radius 3 is 2.62 bits per heavy atom. The minimum absolute atomic E-state index is 0.256. The molecule has 0 saturated carbocycles. The van der Waals surface area contributed by atoms with Gasteiger partial charge in [-0.25, -0.2) is 0 Å². The average molecular weight is 188 g/mol. The smallest absolute Gasteiger partial charge is 0.302 e. The topological polar surface area (TPSA) is 44.8 Å². The highest BCUT2D eigenvalue weighted by Crippen LogP contribution is 1.98.